The molecular weight excluding hydrogens is 352 g/mol. The molecule has 1 aromatic carbocycles. The van der Waals surface area contributed by atoms with Crippen molar-refractivity contribution in [1.29, 1.82) is 0 Å². The van der Waals surface area contributed by atoms with E-state index in [1.807, 2.05) is 36.5 Å². The Morgan fingerprint density at radius 3 is 2.74 bits per heavy atom. The predicted octanol–water partition coefficient (Wildman–Crippen LogP) is 4.86. The summed E-state index contributed by atoms with van der Waals surface area (Å²) < 4.78 is 0. The molecule has 0 spiro atoms. The van der Waals surface area contributed by atoms with Gasteiger partial charge in [0.05, 0.1) is 4.88 Å². The van der Waals surface area contributed by atoms with Gasteiger partial charge in [-0.2, -0.15) is 0 Å². The van der Waals surface area contributed by atoms with Crippen molar-refractivity contribution in [3.05, 3.63) is 70.6 Å². The van der Waals surface area contributed by atoms with E-state index in [0.717, 1.165) is 51.5 Å². The molecule has 0 N–H and O–H groups in total. The number of carbonyl (C=O) groups is 1. The maximum Gasteiger partial charge on any atom is 0.167 e. The van der Waals surface area contributed by atoms with Crippen LogP contribution in [0.5, 0.6) is 0 Å². The third-order valence-electron chi connectivity index (χ3n) is 5.19. The van der Waals surface area contributed by atoms with Gasteiger partial charge in [0.2, 0.25) is 0 Å². The van der Waals surface area contributed by atoms with E-state index >= 15 is 0 Å². The topological polar surface area (TPSA) is 42.9 Å². The number of aromatic nitrogens is 2. The molecule has 27 heavy (non-hydrogen) atoms. The second kappa shape index (κ2) is 7.09. The molecule has 134 valence electrons. The molecular formula is C23H20N2OS. The van der Waals surface area contributed by atoms with Crippen molar-refractivity contribution in [2.24, 2.45) is 5.41 Å². The quantitative estimate of drug-likeness (QED) is 0.477. The van der Waals surface area contributed by atoms with Crippen LogP contribution in [-0.2, 0) is 11.2 Å². The third kappa shape index (κ3) is 3.56. The van der Waals surface area contributed by atoms with E-state index in [1.165, 1.54) is 0 Å². The minimum Gasteiger partial charge on any atom is -0.303 e. The van der Waals surface area contributed by atoms with Gasteiger partial charge in [0, 0.05) is 17.8 Å². The number of nitrogens with zero attached hydrogens (tertiary/aromatic N) is 2. The molecule has 1 aliphatic carbocycles. The molecule has 0 saturated carbocycles. The van der Waals surface area contributed by atoms with Crippen LogP contribution in [-0.4, -0.2) is 16.3 Å². The summed E-state index contributed by atoms with van der Waals surface area (Å²) in [5.74, 6) is 6.16. The minimum atomic E-state index is -0.0943. The van der Waals surface area contributed by atoms with Crippen molar-refractivity contribution in [2.75, 3.05) is 0 Å². The summed E-state index contributed by atoms with van der Waals surface area (Å²) in [5.41, 5.74) is 3.92. The number of benzene rings is 1. The van der Waals surface area contributed by atoms with Crippen LogP contribution >= 0.6 is 11.3 Å². The van der Waals surface area contributed by atoms with Crippen molar-refractivity contribution in [3.63, 3.8) is 0 Å². The Balaban J connectivity index is 1.59. The van der Waals surface area contributed by atoms with Gasteiger partial charge in [0.25, 0.3) is 0 Å². The Bertz CT molecular complexity index is 1040. The van der Waals surface area contributed by atoms with E-state index < -0.39 is 0 Å². The lowest BCUT2D eigenvalue weighted by Crippen LogP contribution is -2.30. The number of thiazole rings is 1. The number of pyridine rings is 1. The number of aldehydes is 1. The van der Waals surface area contributed by atoms with Gasteiger partial charge < -0.3 is 4.79 Å². The van der Waals surface area contributed by atoms with Crippen LogP contribution in [0.25, 0.3) is 10.4 Å². The summed E-state index contributed by atoms with van der Waals surface area (Å²) in [7, 11) is 0. The minimum absolute atomic E-state index is 0.0155. The average Bonchev–Trinajstić information content (AvgIpc) is 3.16. The standard InChI is InChI=1S/C23H20N2OS/c1-23(2)13-12-20-18(19(23)15-26)10-8-17(25-20)9-11-22-24-14-21(27-22)16-6-4-3-5-7-16/h3-8,10,14-15,19H,12-13H2,1-2H3. The van der Waals surface area contributed by atoms with E-state index in [-0.39, 0.29) is 11.3 Å². The monoisotopic (exact) mass is 372 g/mol. The van der Waals surface area contributed by atoms with E-state index in [9.17, 15) is 4.79 Å². The normalized spacial score (nSPS) is 17.5. The highest BCUT2D eigenvalue weighted by atomic mass is 32.1. The summed E-state index contributed by atoms with van der Waals surface area (Å²) in [6.07, 6.45) is 4.77. The second-order valence-corrected chi connectivity index (χ2v) is 8.51. The largest absolute Gasteiger partial charge is 0.303 e. The molecule has 0 fully saturated rings. The zero-order valence-electron chi connectivity index (χ0n) is 15.4. The lowest BCUT2D eigenvalue weighted by atomic mass is 9.68. The highest BCUT2D eigenvalue weighted by Gasteiger charge is 2.36. The van der Waals surface area contributed by atoms with Crippen LogP contribution in [0, 0.1) is 17.3 Å². The van der Waals surface area contributed by atoms with Gasteiger partial charge in [0.15, 0.2) is 5.01 Å². The Labute approximate surface area is 163 Å². The summed E-state index contributed by atoms with van der Waals surface area (Å²) in [5, 5.41) is 0.778. The molecule has 0 aliphatic heterocycles. The van der Waals surface area contributed by atoms with Crippen molar-refractivity contribution in [3.8, 4) is 22.3 Å². The number of aryl methyl sites for hydroxylation is 1. The number of fused-ring (bicyclic) bond motifs is 1. The summed E-state index contributed by atoms with van der Waals surface area (Å²) >= 11 is 1.58. The zero-order chi connectivity index (χ0) is 18.9. The number of hydrogen-bond acceptors (Lipinski definition) is 4. The number of carbonyl (C=O) groups excluding carboxylic acids is 1. The van der Waals surface area contributed by atoms with E-state index in [4.69, 9.17) is 4.98 Å². The van der Waals surface area contributed by atoms with Gasteiger partial charge in [-0.15, -0.1) is 11.3 Å². The first kappa shape index (κ1) is 17.6. The lowest BCUT2D eigenvalue weighted by molar-refractivity contribution is -0.111. The molecule has 1 aliphatic rings. The first-order valence-electron chi connectivity index (χ1n) is 9.05. The van der Waals surface area contributed by atoms with Crippen molar-refractivity contribution in [2.45, 2.75) is 32.6 Å². The first-order valence-corrected chi connectivity index (χ1v) is 9.87. The van der Waals surface area contributed by atoms with E-state index in [1.54, 1.807) is 11.3 Å². The fourth-order valence-corrected chi connectivity index (χ4v) is 4.30. The first-order chi connectivity index (χ1) is 13.1. The van der Waals surface area contributed by atoms with Gasteiger partial charge in [-0.3, -0.25) is 0 Å². The summed E-state index contributed by atoms with van der Waals surface area (Å²) in [6.45, 7) is 4.30. The van der Waals surface area contributed by atoms with Crippen molar-refractivity contribution >= 4 is 17.6 Å². The maximum atomic E-state index is 11.6. The highest BCUT2D eigenvalue weighted by molar-refractivity contribution is 7.15. The Morgan fingerprint density at radius 1 is 1.15 bits per heavy atom. The molecule has 2 heterocycles. The Hall–Kier alpha value is -2.77. The van der Waals surface area contributed by atoms with Gasteiger partial charge in [-0.25, -0.2) is 9.97 Å². The maximum absolute atomic E-state index is 11.6. The van der Waals surface area contributed by atoms with Crippen LogP contribution in [0.15, 0.2) is 48.7 Å². The molecule has 3 nitrogen and oxygen atoms in total. The van der Waals surface area contributed by atoms with Gasteiger partial charge in [0.1, 0.15) is 12.0 Å². The van der Waals surface area contributed by atoms with Gasteiger partial charge >= 0.3 is 0 Å². The molecule has 0 radical (unpaired) electrons. The van der Waals surface area contributed by atoms with E-state index in [2.05, 4.69) is 42.8 Å². The predicted molar refractivity (Wildman–Crippen MR) is 109 cm³/mol. The molecule has 0 amide bonds. The van der Waals surface area contributed by atoms with Crippen LogP contribution < -0.4 is 0 Å². The third-order valence-corrected chi connectivity index (χ3v) is 6.15. The molecule has 3 aromatic rings. The number of hydrogen-bond donors (Lipinski definition) is 0. The number of rotatable bonds is 2. The van der Waals surface area contributed by atoms with Crippen LogP contribution in [0.3, 0.4) is 0 Å². The van der Waals surface area contributed by atoms with Crippen molar-refractivity contribution in [1.82, 2.24) is 9.97 Å². The summed E-state index contributed by atoms with van der Waals surface area (Å²) in [6, 6.07) is 14.1. The molecule has 4 heteroatoms. The molecule has 0 saturated heterocycles. The lowest BCUT2D eigenvalue weighted by Gasteiger charge is -2.36. The highest BCUT2D eigenvalue weighted by Crippen LogP contribution is 2.43. The average molecular weight is 372 g/mol. The smallest absolute Gasteiger partial charge is 0.167 e. The molecule has 2 aromatic heterocycles. The molecule has 0 bridgehead atoms. The Morgan fingerprint density at radius 2 is 1.96 bits per heavy atom. The zero-order valence-corrected chi connectivity index (χ0v) is 16.2. The molecule has 1 atom stereocenters. The van der Waals surface area contributed by atoms with Gasteiger partial charge in [-0.05, 0) is 47.3 Å². The molecule has 4 rings (SSSR count). The fourth-order valence-electron chi connectivity index (χ4n) is 3.52. The fraction of sp³-hybridized carbons (Fsp3) is 0.261. The van der Waals surface area contributed by atoms with Crippen LogP contribution in [0.2, 0.25) is 0 Å². The van der Waals surface area contributed by atoms with Gasteiger partial charge in [-0.1, -0.05) is 50.2 Å². The van der Waals surface area contributed by atoms with E-state index in [0.29, 0.717) is 0 Å². The SMILES string of the molecule is CC1(C)CCc2nc(C#Cc3ncc(-c4ccccc4)s3)ccc2C1C=O. The van der Waals surface area contributed by atoms with Crippen molar-refractivity contribution < 1.29 is 4.79 Å². The Kier molecular flexibility index (Phi) is 4.63. The van der Waals surface area contributed by atoms with Crippen LogP contribution in [0.1, 0.15) is 48.1 Å². The summed E-state index contributed by atoms with van der Waals surface area (Å²) in [4.78, 5) is 21.8. The molecule has 1 unspecified atom stereocenters. The second-order valence-electron chi connectivity index (χ2n) is 7.48. The van der Waals surface area contributed by atoms with Crippen LogP contribution in [0.4, 0.5) is 0 Å².